The summed E-state index contributed by atoms with van der Waals surface area (Å²) in [5.41, 5.74) is 0.563. The second-order valence-electron chi connectivity index (χ2n) is 3.77. The Labute approximate surface area is 103 Å². The number of rotatable bonds is 3. The lowest BCUT2D eigenvalue weighted by Gasteiger charge is -2.10. The summed E-state index contributed by atoms with van der Waals surface area (Å²) in [5.74, 6) is 1.18. The van der Waals surface area contributed by atoms with Crippen molar-refractivity contribution in [1.29, 1.82) is 5.26 Å². The van der Waals surface area contributed by atoms with E-state index >= 15 is 0 Å². The van der Waals surface area contributed by atoms with Gasteiger partial charge in [-0.15, -0.1) is 0 Å². The van der Waals surface area contributed by atoms with E-state index in [1.54, 1.807) is 12.3 Å². The zero-order chi connectivity index (χ0) is 11.4. The first-order valence-corrected chi connectivity index (χ1v) is 5.96. The fraction of sp³-hybridized carbons (Fsp3) is 0.455. The summed E-state index contributed by atoms with van der Waals surface area (Å²) in [6, 6.07) is 3.89. The number of anilines is 1. The number of hydrogen-bond acceptors (Lipinski definition) is 4. The van der Waals surface area contributed by atoms with Crippen molar-refractivity contribution >= 4 is 21.7 Å². The highest BCUT2D eigenvalue weighted by atomic mass is 79.9. The largest absolute Gasteiger partial charge is 0.381 e. The zero-order valence-electron chi connectivity index (χ0n) is 8.74. The Hall–Kier alpha value is -1.12. The predicted octanol–water partition coefficient (Wildman–Crippen LogP) is 2.16. The number of hydrogen-bond donors (Lipinski definition) is 1. The van der Waals surface area contributed by atoms with Gasteiger partial charge >= 0.3 is 0 Å². The molecule has 1 saturated heterocycles. The minimum absolute atomic E-state index is 0.525. The number of pyridine rings is 1. The lowest BCUT2D eigenvalue weighted by atomic mass is 10.1. The van der Waals surface area contributed by atoms with Gasteiger partial charge in [-0.05, 0) is 28.4 Å². The molecule has 0 unspecified atom stereocenters. The third-order valence-electron chi connectivity index (χ3n) is 2.56. The van der Waals surface area contributed by atoms with E-state index in [0.717, 1.165) is 30.7 Å². The van der Waals surface area contributed by atoms with Gasteiger partial charge < -0.3 is 10.1 Å². The van der Waals surface area contributed by atoms with Gasteiger partial charge in [0.15, 0.2) is 0 Å². The van der Waals surface area contributed by atoms with Crippen LogP contribution in [0.3, 0.4) is 0 Å². The number of nitriles is 1. The van der Waals surface area contributed by atoms with Gasteiger partial charge in [0, 0.05) is 29.7 Å². The summed E-state index contributed by atoms with van der Waals surface area (Å²) in [6.07, 6.45) is 2.76. The molecule has 16 heavy (non-hydrogen) atoms. The molecule has 1 aromatic heterocycles. The first-order valence-electron chi connectivity index (χ1n) is 5.17. The SMILES string of the molecule is N#Cc1cc(Br)cnc1NC[C@@H]1CCOC1. The van der Waals surface area contributed by atoms with Crippen molar-refractivity contribution < 1.29 is 4.74 Å². The Morgan fingerprint density at radius 3 is 3.25 bits per heavy atom. The summed E-state index contributed by atoms with van der Waals surface area (Å²) in [7, 11) is 0. The van der Waals surface area contributed by atoms with Crippen molar-refractivity contribution in [2.75, 3.05) is 25.1 Å². The Kier molecular flexibility index (Phi) is 3.75. The van der Waals surface area contributed by atoms with Crippen molar-refractivity contribution in [2.45, 2.75) is 6.42 Å². The quantitative estimate of drug-likeness (QED) is 0.923. The van der Waals surface area contributed by atoms with Gasteiger partial charge in [0.1, 0.15) is 11.9 Å². The highest BCUT2D eigenvalue weighted by Gasteiger charge is 2.16. The highest BCUT2D eigenvalue weighted by molar-refractivity contribution is 9.10. The molecule has 0 aromatic carbocycles. The molecule has 84 valence electrons. The minimum atomic E-state index is 0.525. The van der Waals surface area contributed by atoms with Crippen LogP contribution >= 0.6 is 15.9 Å². The monoisotopic (exact) mass is 281 g/mol. The molecule has 0 aliphatic carbocycles. The lowest BCUT2D eigenvalue weighted by molar-refractivity contribution is 0.187. The van der Waals surface area contributed by atoms with E-state index in [2.05, 4.69) is 32.3 Å². The van der Waals surface area contributed by atoms with E-state index in [4.69, 9.17) is 10.00 Å². The predicted molar refractivity (Wildman–Crippen MR) is 64.1 cm³/mol. The van der Waals surface area contributed by atoms with E-state index in [1.165, 1.54) is 0 Å². The molecule has 0 saturated carbocycles. The first-order chi connectivity index (χ1) is 7.79. The van der Waals surface area contributed by atoms with Gasteiger partial charge in [0.05, 0.1) is 12.2 Å². The maximum Gasteiger partial charge on any atom is 0.143 e. The number of nitrogens with one attached hydrogen (secondary N) is 1. The third-order valence-corrected chi connectivity index (χ3v) is 2.99. The van der Waals surface area contributed by atoms with Crippen LogP contribution in [0.1, 0.15) is 12.0 Å². The summed E-state index contributed by atoms with van der Waals surface area (Å²) >= 11 is 3.29. The van der Waals surface area contributed by atoms with E-state index in [-0.39, 0.29) is 0 Å². The molecule has 2 heterocycles. The standard InChI is InChI=1S/C11H12BrN3O/c12-10-3-9(4-13)11(15-6-10)14-5-8-1-2-16-7-8/h3,6,8H,1-2,5,7H2,(H,14,15)/t8-/m0/s1. The number of nitrogens with zero attached hydrogens (tertiary/aromatic N) is 2. The van der Waals surface area contributed by atoms with Gasteiger partial charge in [-0.25, -0.2) is 4.98 Å². The van der Waals surface area contributed by atoms with Crippen LogP contribution in [0.4, 0.5) is 5.82 Å². The van der Waals surface area contributed by atoms with Crippen LogP contribution in [0, 0.1) is 17.2 Å². The van der Waals surface area contributed by atoms with Crippen LogP contribution < -0.4 is 5.32 Å². The van der Waals surface area contributed by atoms with Crippen molar-refractivity contribution in [3.05, 3.63) is 22.3 Å². The van der Waals surface area contributed by atoms with Crippen LogP contribution in [0.2, 0.25) is 0 Å². The Morgan fingerprint density at radius 2 is 2.56 bits per heavy atom. The Morgan fingerprint density at radius 1 is 1.69 bits per heavy atom. The minimum Gasteiger partial charge on any atom is -0.381 e. The highest BCUT2D eigenvalue weighted by Crippen LogP contribution is 2.18. The van der Waals surface area contributed by atoms with Crippen LogP contribution in [-0.2, 0) is 4.74 Å². The van der Waals surface area contributed by atoms with Gasteiger partial charge in [-0.1, -0.05) is 0 Å². The van der Waals surface area contributed by atoms with E-state index in [0.29, 0.717) is 17.3 Å². The molecule has 1 aromatic rings. The van der Waals surface area contributed by atoms with E-state index in [1.807, 2.05) is 0 Å². The molecule has 1 atom stereocenters. The Balaban J connectivity index is 2.00. The van der Waals surface area contributed by atoms with Crippen molar-refractivity contribution in [2.24, 2.45) is 5.92 Å². The van der Waals surface area contributed by atoms with Crippen molar-refractivity contribution in [3.8, 4) is 6.07 Å². The molecule has 1 aliphatic rings. The average Bonchev–Trinajstić information content (AvgIpc) is 2.80. The first kappa shape index (κ1) is 11.4. The summed E-state index contributed by atoms with van der Waals surface area (Å²) in [4.78, 5) is 4.19. The molecule has 1 N–H and O–H groups in total. The summed E-state index contributed by atoms with van der Waals surface area (Å²) in [5, 5.41) is 12.2. The van der Waals surface area contributed by atoms with E-state index in [9.17, 15) is 0 Å². The second-order valence-corrected chi connectivity index (χ2v) is 4.69. The molecular weight excluding hydrogens is 270 g/mol. The molecular formula is C11H12BrN3O. The van der Waals surface area contributed by atoms with Crippen LogP contribution in [0.15, 0.2) is 16.7 Å². The fourth-order valence-electron chi connectivity index (χ4n) is 1.65. The van der Waals surface area contributed by atoms with Gasteiger partial charge in [0.2, 0.25) is 0 Å². The molecule has 0 radical (unpaired) electrons. The summed E-state index contributed by atoms with van der Waals surface area (Å²) < 4.78 is 6.11. The third kappa shape index (κ3) is 2.71. The lowest BCUT2D eigenvalue weighted by Crippen LogP contribution is -2.15. The average molecular weight is 282 g/mol. The van der Waals surface area contributed by atoms with Crippen LogP contribution in [0.5, 0.6) is 0 Å². The molecule has 1 aliphatic heterocycles. The molecule has 0 bridgehead atoms. The zero-order valence-corrected chi connectivity index (χ0v) is 10.3. The van der Waals surface area contributed by atoms with Gasteiger partial charge in [-0.2, -0.15) is 5.26 Å². The van der Waals surface area contributed by atoms with Crippen LogP contribution in [0.25, 0.3) is 0 Å². The summed E-state index contributed by atoms with van der Waals surface area (Å²) in [6.45, 7) is 2.44. The number of ether oxygens (including phenoxy) is 1. The van der Waals surface area contributed by atoms with Crippen LogP contribution in [-0.4, -0.2) is 24.7 Å². The number of halogens is 1. The Bertz CT molecular complexity index is 410. The van der Waals surface area contributed by atoms with Gasteiger partial charge in [-0.3, -0.25) is 0 Å². The topological polar surface area (TPSA) is 57.9 Å². The molecule has 0 spiro atoms. The van der Waals surface area contributed by atoms with Crippen molar-refractivity contribution in [3.63, 3.8) is 0 Å². The maximum atomic E-state index is 8.96. The molecule has 1 fully saturated rings. The van der Waals surface area contributed by atoms with E-state index < -0.39 is 0 Å². The fourth-order valence-corrected chi connectivity index (χ4v) is 1.98. The molecule has 5 heteroatoms. The normalized spacial score (nSPS) is 19.4. The van der Waals surface area contributed by atoms with Gasteiger partial charge in [0.25, 0.3) is 0 Å². The van der Waals surface area contributed by atoms with Crippen molar-refractivity contribution in [1.82, 2.24) is 4.98 Å². The number of aromatic nitrogens is 1. The maximum absolute atomic E-state index is 8.96. The molecule has 4 nitrogen and oxygen atoms in total. The smallest absolute Gasteiger partial charge is 0.143 e. The molecule has 0 amide bonds. The molecule has 2 rings (SSSR count). The second kappa shape index (κ2) is 5.28.